The molecule has 7 nitrogen and oxygen atoms in total. The van der Waals surface area contributed by atoms with E-state index in [4.69, 9.17) is 0 Å². The lowest BCUT2D eigenvalue weighted by molar-refractivity contribution is -0.120. The molecule has 0 bridgehead atoms. The first-order valence-electron chi connectivity index (χ1n) is 8.78. The van der Waals surface area contributed by atoms with Gasteiger partial charge < -0.3 is 20.5 Å². The molecule has 1 heterocycles. The average Bonchev–Trinajstić information content (AvgIpc) is 2.94. The summed E-state index contributed by atoms with van der Waals surface area (Å²) in [6.45, 7) is 6.63. The monoisotopic (exact) mass is 472 g/mol. The molecule has 3 N–H and O–H groups in total. The first-order chi connectivity index (χ1) is 12.2. The number of nitrogens with one attached hydrogen (secondary N) is 3. The second kappa shape index (κ2) is 11.7. The number of benzene rings is 1. The Kier molecular flexibility index (Phi) is 10.0. The summed E-state index contributed by atoms with van der Waals surface area (Å²) in [5.41, 5.74) is 2.19. The minimum absolute atomic E-state index is 0. The van der Waals surface area contributed by atoms with Crippen LogP contribution in [0.5, 0.6) is 0 Å². The number of carbonyl (C=O) groups excluding carboxylic acids is 1. The van der Waals surface area contributed by atoms with Crippen LogP contribution in [0.25, 0.3) is 11.0 Å². The molecule has 0 saturated heterocycles. The number of aryl methyl sites for hydroxylation is 2. The lowest BCUT2D eigenvalue weighted by Crippen LogP contribution is -2.43. The number of imidazole rings is 1. The van der Waals surface area contributed by atoms with Crippen molar-refractivity contribution >= 4 is 46.9 Å². The Balaban J connectivity index is 0.00000338. The summed E-state index contributed by atoms with van der Waals surface area (Å²) in [5.74, 6) is 1.64. The van der Waals surface area contributed by atoms with E-state index in [9.17, 15) is 4.79 Å². The molecular weight excluding hydrogens is 443 g/mol. The number of amides is 1. The number of carbonyl (C=O) groups is 1. The Hall–Kier alpha value is -1.84. The number of fused-ring (bicyclic) bond motifs is 1. The van der Waals surface area contributed by atoms with Gasteiger partial charge >= 0.3 is 0 Å². The van der Waals surface area contributed by atoms with Crippen molar-refractivity contribution in [3.8, 4) is 0 Å². The molecule has 1 aromatic heterocycles. The molecular formula is C18H29IN6O. The summed E-state index contributed by atoms with van der Waals surface area (Å²) in [6.07, 6.45) is 1.87. The second-order valence-corrected chi connectivity index (χ2v) is 5.86. The zero-order chi connectivity index (χ0) is 18.1. The number of nitrogens with zero attached hydrogens (tertiary/aromatic N) is 3. The highest BCUT2D eigenvalue weighted by Gasteiger charge is 2.06. The molecule has 2 aromatic rings. The molecule has 26 heavy (non-hydrogen) atoms. The Labute approximate surface area is 172 Å². The normalized spacial score (nSPS) is 11.1. The van der Waals surface area contributed by atoms with E-state index in [2.05, 4.69) is 36.6 Å². The molecule has 0 radical (unpaired) electrons. The Morgan fingerprint density at radius 1 is 1.19 bits per heavy atom. The zero-order valence-electron chi connectivity index (χ0n) is 15.7. The fourth-order valence-corrected chi connectivity index (χ4v) is 2.63. The van der Waals surface area contributed by atoms with E-state index in [1.54, 1.807) is 7.05 Å². The third-order valence-corrected chi connectivity index (χ3v) is 3.91. The molecule has 0 fully saturated rings. The topological polar surface area (TPSA) is 83.3 Å². The molecule has 1 aromatic carbocycles. The van der Waals surface area contributed by atoms with Gasteiger partial charge in [-0.2, -0.15) is 0 Å². The van der Waals surface area contributed by atoms with E-state index in [1.807, 2.05) is 32.0 Å². The number of aliphatic imine (C=N–C) groups is 1. The van der Waals surface area contributed by atoms with E-state index >= 15 is 0 Å². The van der Waals surface area contributed by atoms with Crippen LogP contribution in [0.3, 0.4) is 0 Å². The average molecular weight is 472 g/mol. The minimum atomic E-state index is -0.0229. The zero-order valence-corrected chi connectivity index (χ0v) is 18.0. The number of hydrogen-bond acceptors (Lipinski definition) is 3. The molecule has 8 heteroatoms. The third-order valence-electron chi connectivity index (χ3n) is 3.91. The van der Waals surface area contributed by atoms with Crippen molar-refractivity contribution in [2.75, 3.05) is 26.7 Å². The van der Waals surface area contributed by atoms with Crippen molar-refractivity contribution in [2.24, 2.45) is 4.99 Å². The highest BCUT2D eigenvalue weighted by Crippen LogP contribution is 2.15. The van der Waals surface area contributed by atoms with Crippen LogP contribution in [-0.4, -0.2) is 48.1 Å². The van der Waals surface area contributed by atoms with Crippen molar-refractivity contribution in [1.82, 2.24) is 25.5 Å². The van der Waals surface area contributed by atoms with Gasteiger partial charge in [0.05, 0.1) is 17.6 Å². The van der Waals surface area contributed by atoms with Gasteiger partial charge in [-0.05, 0) is 31.9 Å². The second-order valence-electron chi connectivity index (χ2n) is 5.86. The molecule has 0 atom stereocenters. The summed E-state index contributed by atoms with van der Waals surface area (Å²) in [5, 5.41) is 9.08. The number of para-hydroxylation sites is 2. The first-order valence-corrected chi connectivity index (χ1v) is 8.78. The maximum atomic E-state index is 11.6. The van der Waals surface area contributed by atoms with Gasteiger partial charge in [0.15, 0.2) is 5.96 Å². The van der Waals surface area contributed by atoms with E-state index in [0.717, 1.165) is 42.8 Å². The van der Waals surface area contributed by atoms with Gasteiger partial charge in [0.1, 0.15) is 5.82 Å². The molecule has 0 aliphatic heterocycles. The van der Waals surface area contributed by atoms with Crippen LogP contribution in [0.15, 0.2) is 29.3 Å². The summed E-state index contributed by atoms with van der Waals surface area (Å²) in [4.78, 5) is 20.3. The van der Waals surface area contributed by atoms with E-state index in [-0.39, 0.29) is 36.4 Å². The predicted molar refractivity (Wildman–Crippen MR) is 117 cm³/mol. The summed E-state index contributed by atoms with van der Waals surface area (Å²) >= 11 is 0. The van der Waals surface area contributed by atoms with Crippen molar-refractivity contribution in [1.29, 1.82) is 0 Å². The molecule has 0 spiro atoms. The number of rotatable bonds is 8. The van der Waals surface area contributed by atoms with Gasteiger partial charge in [-0.3, -0.25) is 9.79 Å². The lowest BCUT2D eigenvalue weighted by atomic mass is 10.3. The molecule has 0 aliphatic rings. The largest absolute Gasteiger partial charge is 0.356 e. The Morgan fingerprint density at radius 2 is 1.96 bits per heavy atom. The summed E-state index contributed by atoms with van der Waals surface area (Å²) < 4.78 is 2.23. The lowest BCUT2D eigenvalue weighted by Gasteiger charge is -2.12. The minimum Gasteiger partial charge on any atom is -0.356 e. The van der Waals surface area contributed by atoms with Crippen molar-refractivity contribution < 1.29 is 4.79 Å². The van der Waals surface area contributed by atoms with Crippen molar-refractivity contribution in [2.45, 2.75) is 33.2 Å². The van der Waals surface area contributed by atoms with E-state index in [1.165, 1.54) is 0 Å². The van der Waals surface area contributed by atoms with Gasteiger partial charge in [-0.15, -0.1) is 24.0 Å². The van der Waals surface area contributed by atoms with Crippen LogP contribution in [-0.2, 0) is 11.3 Å². The molecule has 0 saturated carbocycles. The maximum absolute atomic E-state index is 11.6. The van der Waals surface area contributed by atoms with Gasteiger partial charge in [0.2, 0.25) is 5.91 Å². The Bertz CT molecular complexity index is 728. The van der Waals surface area contributed by atoms with Crippen LogP contribution in [0.1, 0.15) is 25.6 Å². The van der Waals surface area contributed by atoms with E-state index < -0.39 is 0 Å². The fraction of sp³-hybridized carbons (Fsp3) is 0.500. The SMILES string of the molecule is CCCNC(=O)CNC(=NC)NCCCn1c(C)nc2ccccc21.I. The smallest absolute Gasteiger partial charge is 0.239 e. The van der Waals surface area contributed by atoms with Crippen molar-refractivity contribution in [3.63, 3.8) is 0 Å². The van der Waals surface area contributed by atoms with Crippen molar-refractivity contribution in [3.05, 3.63) is 30.1 Å². The van der Waals surface area contributed by atoms with E-state index in [0.29, 0.717) is 12.5 Å². The first kappa shape index (κ1) is 22.2. The fourth-order valence-electron chi connectivity index (χ4n) is 2.63. The number of guanidine groups is 1. The number of aromatic nitrogens is 2. The molecule has 0 unspecified atom stereocenters. The van der Waals surface area contributed by atoms with Crippen LogP contribution in [0.2, 0.25) is 0 Å². The predicted octanol–water partition coefficient (Wildman–Crippen LogP) is 2.04. The molecule has 144 valence electrons. The number of hydrogen-bond donors (Lipinski definition) is 3. The standard InChI is InChI=1S/C18H28N6O.HI/c1-4-10-20-17(25)13-22-18(19-3)21-11-7-12-24-14(2)23-15-8-5-6-9-16(15)24;/h5-6,8-9H,4,7,10-13H2,1-3H3,(H,20,25)(H2,19,21,22);1H. The summed E-state index contributed by atoms with van der Waals surface area (Å²) in [6, 6.07) is 8.17. The third kappa shape index (κ3) is 6.47. The van der Waals surface area contributed by atoms with Gasteiger partial charge in [-0.1, -0.05) is 19.1 Å². The highest BCUT2D eigenvalue weighted by atomic mass is 127. The van der Waals surface area contributed by atoms with Gasteiger partial charge in [0.25, 0.3) is 0 Å². The number of halogens is 1. The Morgan fingerprint density at radius 3 is 2.69 bits per heavy atom. The van der Waals surface area contributed by atoms with Crippen LogP contribution < -0.4 is 16.0 Å². The van der Waals surface area contributed by atoms with Crippen LogP contribution >= 0.6 is 24.0 Å². The maximum Gasteiger partial charge on any atom is 0.239 e. The molecule has 0 aliphatic carbocycles. The quantitative estimate of drug-likeness (QED) is 0.238. The molecule has 1 amide bonds. The van der Waals surface area contributed by atoms with Gasteiger partial charge in [0, 0.05) is 26.7 Å². The van der Waals surface area contributed by atoms with Crippen LogP contribution in [0, 0.1) is 6.92 Å². The molecule has 2 rings (SSSR count). The van der Waals surface area contributed by atoms with Gasteiger partial charge in [-0.25, -0.2) is 4.98 Å². The summed E-state index contributed by atoms with van der Waals surface area (Å²) in [7, 11) is 1.70. The van der Waals surface area contributed by atoms with Crippen LogP contribution in [0.4, 0.5) is 0 Å². The highest BCUT2D eigenvalue weighted by molar-refractivity contribution is 14.0.